The number of amides is 2. The zero-order chi connectivity index (χ0) is 17.1. The van der Waals surface area contributed by atoms with E-state index in [1.54, 1.807) is 20.9 Å². The van der Waals surface area contributed by atoms with Gasteiger partial charge < -0.3 is 14.5 Å². The molecule has 0 radical (unpaired) electrons. The molecule has 0 aromatic carbocycles. The van der Waals surface area contributed by atoms with Crippen LogP contribution in [-0.4, -0.2) is 69.3 Å². The predicted octanol–water partition coefficient (Wildman–Crippen LogP) is 0.551. The van der Waals surface area contributed by atoms with E-state index in [2.05, 4.69) is 5.10 Å². The van der Waals surface area contributed by atoms with E-state index in [9.17, 15) is 19.7 Å². The number of carbonyl (C=O) groups is 2. The van der Waals surface area contributed by atoms with Crippen molar-refractivity contribution in [3.05, 3.63) is 21.5 Å². The Hall–Kier alpha value is -2.65. The Kier molecular flexibility index (Phi) is 4.82. The van der Waals surface area contributed by atoms with Crippen LogP contribution in [0.15, 0.2) is 0 Å². The summed E-state index contributed by atoms with van der Waals surface area (Å²) >= 11 is 0. The van der Waals surface area contributed by atoms with Crippen molar-refractivity contribution in [2.45, 2.75) is 13.8 Å². The second-order valence-corrected chi connectivity index (χ2v) is 5.14. The summed E-state index contributed by atoms with van der Waals surface area (Å²) in [5, 5.41) is 15.1. The van der Waals surface area contributed by atoms with E-state index in [0.717, 1.165) is 0 Å². The summed E-state index contributed by atoms with van der Waals surface area (Å²) < 4.78 is 6.23. The molecule has 0 saturated carbocycles. The average molecular weight is 325 g/mol. The van der Waals surface area contributed by atoms with Crippen molar-refractivity contribution < 1.29 is 19.2 Å². The number of hydrogen-bond donors (Lipinski definition) is 0. The topological polar surface area (TPSA) is 111 Å². The lowest BCUT2D eigenvalue weighted by Gasteiger charge is -2.33. The first kappa shape index (κ1) is 16.7. The third-order valence-corrected chi connectivity index (χ3v) is 3.78. The zero-order valence-corrected chi connectivity index (χ0v) is 13.3. The minimum Gasteiger partial charge on any atom is -0.450 e. The van der Waals surface area contributed by atoms with Crippen LogP contribution in [-0.2, 0) is 11.8 Å². The fourth-order valence-corrected chi connectivity index (χ4v) is 2.42. The molecule has 10 nitrogen and oxygen atoms in total. The smallest absolute Gasteiger partial charge is 0.409 e. The first-order valence-electron chi connectivity index (χ1n) is 7.25. The van der Waals surface area contributed by atoms with E-state index in [1.165, 1.54) is 14.5 Å². The lowest BCUT2D eigenvalue weighted by atomic mass is 10.2. The highest BCUT2D eigenvalue weighted by molar-refractivity contribution is 5.96. The maximum Gasteiger partial charge on any atom is 0.409 e. The Morgan fingerprint density at radius 1 is 1.26 bits per heavy atom. The lowest BCUT2D eigenvalue weighted by Crippen LogP contribution is -2.50. The van der Waals surface area contributed by atoms with Crippen LogP contribution in [0.3, 0.4) is 0 Å². The molecular formula is C13H19N5O5. The van der Waals surface area contributed by atoms with Gasteiger partial charge in [-0.3, -0.25) is 19.6 Å². The molecule has 1 aromatic rings. The molecular weight excluding hydrogens is 306 g/mol. The van der Waals surface area contributed by atoms with Gasteiger partial charge in [-0.15, -0.1) is 0 Å². The molecule has 1 saturated heterocycles. The minimum atomic E-state index is -0.593. The maximum absolute atomic E-state index is 12.5. The van der Waals surface area contributed by atoms with E-state index in [4.69, 9.17) is 4.74 Å². The average Bonchev–Trinajstić information content (AvgIpc) is 2.82. The second-order valence-electron chi connectivity index (χ2n) is 5.14. The van der Waals surface area contributed by atoms with Gasteiger partial charge in [-0.1, -0.05) is 0 Å². The molecule has 0 atom stereocenters. The van der Waals surface area contributed by atoms with E-state index >= 15 is 0 Å². The first-order chi connectivity index (χ1) is 10.9. The van der Waals surface area contributed by atoms with Gasteiger partial charge in [-0.2, -0.15) is 5.10 Å². The van der Waals surface area contributed by atoms with Crippen LogP contribution in [0.25, 0.3) is 0 Å². The van der Waals surface area contributed by atoms with Crippen LogP contribution < -0.4 is 0 Å². The molecule has 23 heavy (non-hydrogen) atoms. The standard InChI is InChI=1S/C13H19N5O5/c1-4-23-13(20)17-7-5-16(6-8-17)12(19)10-11(18(21)22)9(2)15(3)14-10/h4-8H2,1-3H3. The van der Waals surface area contributed by atoms with Crippen LogP contribution in [0, 0.1) is 17.0 Å². The van der Waals surface area contributed by atoms with Gasteiger partial charge in [0.05, 0.1) is 11.5 Å². The van der Waals surface area contributed by atoms with Gasteiger partial charge in [0, 0.05) is 33.2 Å². The maximum atomic E-state index is 12.5. The number of nitrogens with zero attached hydrogens (tertiary/aromatic N) is 5. The van der Waals surface area contributed by atoms with E-state index in [0.29, 0.717) is 18.8 Å². The molecule has 1 fully saturated rings. The molecule has 10 heteroatoms. The molecule has 2 rings (SSSR count). The molecule has 1 aromatic heterocycles. The van der Waals surface area contributed by atoms with Crippen LogP contribution in [0.5, 0.6) is 0 Å². The highest BCUT2D eigenvalue weighted by Gasteiger charge is 2.34. The summed E-state index contributed by atoms with van der Waals surface area (Å²) in [5.74, 6) is -0.496. The third-order valence-electron chi connectivity index (χ3n) is 3.78. The van der Waals surface area contributed by atoms with E-state index < -0.39 is 16.9 Å². The molecule has 126 valence electrons. The second kappa shape index (κ2) is 6.63. The van der Waals surface area contributed by atoms with Crippen LogP contribution >= 0.6 is 0 Å². The summed E-state index contributed by atoms with van der Waals surface area (Å²) in [5.41, 5.74) is -0.117. The Bertz CT molecular complexity index is 633. The first-order valence-corrected chi connectivity index (χ1v) is 7.25. The molecule has 0 aliphatic carbocycles. The number of carbonyl (C=O) groups excluding carboxylic acids is 2. The summed E-state index contributed by atoms with van der Waals surface area (Å²) in [7, 11) is 1.55. The Labute approximate surface area is 132 Å². The SMILES string of the molecule is CCOC(=O)N1CCN(C(=O)c2nn(C)c(C)c2[N+](=O)[O-])CC1. The number of aryl methyl sites for hydroxylation is 1. The fraction of sp³-hybridized carbons (Fsp3) is 0.615. The Morgan fingerprint density at radius 3 is 2.35 bits per heavy atom. The zero-order valence-electron chi connectivity index (χ0n) is 13.3. The summed E-state index contributed by atoms with van der Waals surface area (Å²) in [6.07, 6.45) is -0.417. The van der Waals surface area contributed by atoms with E-state index in [1.807, 2.05) is 0 Å². The number of nitro groups is 1. The molecule has 2 heterocycles. The van der Waals surface area contributed by atoms with Crippen molar-refractivity contribution in [2.75, 3.05) is 32.8 Å². The highest BCUT2D eigenvalue weighted by atomic mass is 16.6. The normalized spacial score (nSPS) is 14.7. The molecule has 0 bridgehead atoms. The van der Waals surface area contributed by atoms with Crippen LogP contribution in [0.2, 0.25) is 0 Å². The van der Waals surface area contributed by atoms with Crippen LogP contribution in [0.4, 0.5) is 10.5 Å². The molecule has 1 aliphatic rings. The molecule has 2 amide bonds. The van der Waals surface area contributed by atoms with Crippen molar-refractivity contribution in [1.29, 1.82) is 0 Å². The van der Waals surface area contributed by atoms with Crippen molar-refractivity contribution in [3.63, 3.8) is 0 Å². The lowest BCUT2D eigenvalue weighted by molar-refractivity contribution is -0.385. The molecule has 0 spiro atoms. The monoisotopic (exact) mass is 325 g/mol. The van der Waals surface area contributed by atoms with Crippen LogP contribution in [0.1, 0.15) is 23.1 Å². The van der Waals surface area contributed by atoms with Crippen molar-refractivity contribution >= 4 is 17.7 Å². The van der Waals surface area contributed by atoms with Crippen molar-refractivity contribution in [1.82, 2.24) is 19.6 Å². The van der Waals surface area contributed by atoms with Gasteiger partial charge in [-0.05, 0) is 13.8 Å². The number of piperazine rings is 1. The minimum absolute atomic E-state index is 0.167. The highest BCUT2D eigenvalue weighted by Crippen LogP contribution is 2.23. The summed E-state index contributed by atoms with van der Waals surface area (Å²) in [6, 6.07) is 0. The number of aromatic nitrogens is 2. The summed E-state index contributed by atoms with van der Waals surface area (Å²) in [4.78, 5) is 37.7. The van der Waals surface area contributed by atoms with E-state index in [-0.39, 0.29) is 31.1 Å². The van der Waals surface area contributed by atoms with Gasteiger partial charge in [0.1, 0.15) is 5.69 Å². The number of hydrogen-bond acceptors (Lipinski definition) is 6. The van der Waals surface area contributed by atoms with Gasteiger partial charge in [0.2, 0.25) is 5.69 Å². The van der Waals surface area contributed by atoms with Crippen molar-refractivity contribution in [2.24, 2.45) is 7.05 Å². The largest absolute Gasteiger partial charge is 0.450 e. The van der Waals surface area contributed by atoms with Gasteiger partial charge in [0.15, 0.2) is 0 Å². The fourth-order valence-electron chi connectivity index (χ4n) is 2.42. The van der Waals surface area contributed by atoms with Gasteiger partial charge >= 0.3 is 11.8 Å². The van der Waals surface area contributed by atoms with Crippen molar-refractivity contribution in [3.8, 4) is 0 Å². The summed E-state index contributed by atoms with van der Waals surface area (Å²) in [6.45, 7) is 4.77. The quantitative estimate of drug-likeness (QED) is 0.593. The number of rotatable bonds is 3. The van der Waals surface area contributed by atoms with Gasteiger partial charge in [0.25, 0.3) is 5.91 Å². The molecule has 1 aliphatic heterocycles. The third kappa shape index (κ3) is 3.25. The predicted molar refractivity (Wildman–Crippen MR) is 79.1 cm³/mol. The number of ether oxygens (including phenoxy) is 1. The Balaban J connectivity index is 2.10. The molecule has 0 N–H and O–H groups in total. The van der Waals surface area contributed by atoms with Gasteiger partial charge in [-0.25, -0.2) is 4.79 Å². The molecule has 0 unspecified atom stereocenters. The Morgan fingerprint density at radius 2 is 1.83 bits per heavy atom.